The van der Waals surface area contributed by atoms with Crippen LogP contribution >= 0.6 is 12.2 Å². The third kappa shape index (κ3) is 5.69. The topological polar surface area (TPSA) is 29.1 Å². The molecule has 0 saturated heterocycles. The van der Waals surface area contributed by atoms with Crippen LogP contribution < -0.4 is 5.32 Å². The van der Waals surface area contributed by atoms with Gasteiger partial charge in [-0.1, -0.05) is 37.3 Å². The normalized spacial score (nSPS) is 12.8. The summed E-state index contributed by atoms with van der Waals surface area (Å²) in [5.74, 6) is -1.69. The van der Waals surface area contributed by atoms with Crippen LogP contribution in [0.15, 0.2) is 30.3 Å². The van der Waals surface area contributed by atoms with Crippen LogP contribution in [0.25, 0.3) is 0 Å². The second-order valence-corrected chi connectivity index (χ2v) is 5.07. The molecule has 0 unspecified atom stereocenters. The average Bonchev–Trinajstić information content (AvgIpc) is 2.38. The number of hydrogen-bond donors (Lipinski definition) is 1. The minimum atomic E-state index is -4.17. The summed E-state index contributed by atoms with van der Waals surface area (Å²) in [7, 11) is 0. The van der Waals surface area contributed by atoms with Gasteiger partial charge in [0.1, 0.15) is 0 Å². The van der Waals surface area contributed by atoms with E-state index in [-0.39, 0.29) is 23.7 Å². The Hall–Kier alpha value is -1.43. The molecule has 0 aromatic heterocycles. The number of carbonyl (C=O) groups is 1. The Labute approximate surface area is 121 Å². The summed E-state index contributed by atoms with van der Waals surface area (Å²) < 4.78 is 36.9. The Kier molecular flexibility index (Phi) is 6.13. The van der Waals surface area contributed by atoms with Crippen molar-refractivity contribution < 1.29 is 18.0 Å². The van der Waals surface area contributed by atoms with Crippen LogP contribution in [0.3, 0.4) is 0 Å². The van der Waals surface area contributed by atoms with Crippen molar-refractivity contribution in [1.82, 2.24) is 5.32 Å². The fourth-order valence-corrected chi connectivity index (χ4v) is 1.82. The molecule has 110 valence electrons. The summed E-state index contributed by atoms with van der Waals surface area (Å²) in [4.78, 5) is 12.0. The number of hydrogen-bond acceptors (Lipinski definition) is 2. The van der Waals surface area contributed by atoms with Crippen molar-refractivity contribution in [2.75, 3.05) is 0 Å². The zero-order chi connectivity index (χ0) is 15.2. The van der Waals surface area contributed by atoms with Crippen molar-refractivity contribution in [3.8, 4) is 0 Å². The maximum absolute atomic E-state index is 12.3. The number of carbonyl (C=O) groups excluding carboxylic acids is 1. The highest BCUT2D eigenvalue weighted by atomic mass is 32.1. The predicted molar refractivity (Wildman–Crippen MR) is 75.6 cm³/mol. The number of halogens is 3. The van der Waals surface area contributed by atoms with Crippen molar-refractivity contribution in [3.63, 3.8) is 0 Å². The SMILES string of the molecule is C[C@@H](CCCC(=S)NC(=O)c1ccccc1)C(F)(F)F. The fourth-order valence-electron chi connectivity index (χ4n) is 1.58. The number of thiocarbonyl (C=S) groups is 1. The Balaban J connectivity index is 2.33. The summed E-state index contributed by atoms with van der Waals surface area (Å²) >= 11 is 4.96. The number of benzene rings is 1. The number of alkyl halides is 3. The van der Waals surface area contributed by atoms with Gasteiger partial charge in [0.05, 0.1) is 10.9 Å². The first-order chi connectivity index (χ1) is 9.30. The van der Waals surface area contributed by atoms with Crippen molar-refractivity contribution >= 4 is 23.1 Å². The average molecular weight is 303 g/mol. The van der Waals surface area contributed by atoms with Crippen molar-refractivity contribution in [2.45, 2.75) is 32.4 Å². The Morgan fingerprint density at radius 1 is 1.30 bits per heavy atom. The molecule has 1 atom stereocenters. The molecule has 0 spiro atoms. The van der Waals surface area contributed by atoms with E-state index in [1.165, 1.54) is 0 Å². The third-order valence-corrected chi connectivity index (χ3v) is 3.19. The largest absolute Gasteiger partial charge is 0.391 e. The quantitative estimate of drug-likeness (QED) is 0.829. The van der Waals surface area contributed by atoms with Gasteiger partial charge in [-0.25, -0.2) is 0 Å². The van der Waals surface area contributed by atoms with E-state index in [9.17, 15) is 18.0 Å². The molecule has 0 aliphatic heterocycles. The first kappa shape index (κ1) is 16.6. The van der Waals surface area contributed by atoms with Gasteiger partial charge in [0.15, 0.2) is 0 Å². The second kappa shape index (κ2) is 7.38. The van der Waals surface area contributed by atoms with E-state index in [0.717, 1.165) is 6.92 Å². The first-order valence-corrected chi connectivity index (χ1v) is 6.67. The monoisotopic (exact) mass is 303 g/mol. The van der Waals surface area contributed by atoms with Crippen LogP contribution in [0.2, 0.25) is 0 Å². The highest BCUT2D eigenvalue weighted by Gasteiger charge is 2.35. The van der Waals surface area contributed by atoms with Gasteiger partial charge in [0.2, 0.25) is 0 Å². The molecular weight excluding hydrogens is 287 g/mol. The lowest BCUT2D eigenvalue weighted by Gasteiger charge is -2.15. The van der Waals surface area contributed by atoms with Crippen LogP contribution in [0, 0.1) is 5.92 Å². The molecule has 20 heavy (non-hydrogen) atoms. The van der Waals surface area contributed by atoms with Gasteiger partial charge in [-0.2, -0.15) is 13.2 Å². The van der Waals surface area contributed by atoms with Gasteiger partial charge in [0.25, 0.3) is 5.91 Å². The van der Waals surface area contributed by atoms with Gasteiger partial charge in [0, 0.05) is 5.56 Å². The van der Waals surface area contributed by atoms with Gasteiger partial charge >= 0.3 is 6.18 Å². The van der Waals surface area contributed by atoms with Crippen molar-refractivity contribution in [3.05, 3.63) is 35.9 Å². The second-order valence-electron chi connectivity index (χ2n) is 4.58. The van der Waals surface area contributed by atoms with E-state index in [1.54, 1.807) is 30.3 Å². The van der Waals surface area contributed by atoms with Gasteiger partial charge < -0.3 is 5.32 Å². The molecule has 1 aromatic rings. The van der Waals surface area contributed by atoms with Crippen LogP contribution in [-0.4, -0.2) is 17.1 Å². The minimum Gasteiger partial charge on any atom is -0.316 e. The first-order valence-electron chi connectivity index (χ1n) is 6.26. The van der Waals surface area contributed by atoms with Gasteiger partial charge in [-0.05, 0) is 31.4 Å². The standard InChI is InChI=1S/C14H16F3NOS/c1-10(14(15,16)17)6-5-9-12(20)18-13(19)11-7-3-2-4-8-11/h2-4,7-8,10H,5-6,9H2,1H3,(H,18,19,20)/t10-/m0/s1. The highest BCUT2D eigenvalue weighted by molar-refractivity contribution is 7.80. The molecule has 0 aliphatic carbocycles. The van der Waals surface area contributed by atoms with E-state index < -0.39 is 12.1 Å². The summed E-state index contributed by atoms with van der Waals surface area (Å²) in [6.07, 6.45) is -3.59. The highest BCUT2D eigenvalue weighted by Crippen LogP contribution is 2.29. The molecular formula is C14H16F3NOS. The number of nitrogens with one attached hydrogen (secondary N) is 1. The van der Waals surface area contributed by atoms with E-state index in [0.29, 0.717) is 12.0 Å². The Morgan fingerprint density at radius 2 is 1.90 bits per heavy atom. The van der Waals surface area contributed by atoms with Crippen molar-refractivity contribution in [1.29, 1.82) is 0 Å². The molecule has 1 aromatic carbocycles. The molecule has 0 fully saturated rings. The van der Waals surface area contributed by atoms with Crippen LogP contribution in [0.1, 0.15) is 36.5 Å². The molecule has 0 aliphatic rings. The smallest absolute Gasteiger partial charge is 0.316 e. The lowest BCUT2D eigenvalue weighted by Crippen LogP contribution is -2.29. The molecule has 2 nitrogen and oxygen atoms in total. The Bertz CT molecular complexity index is 459. The summed E-state index contributed by atoms with van der Waals surface area (Å²) in [5, 5.41) is 2.52. The van der Waals surface area contributed by atoms with E-state index in [1.807, 2.05) is 0 Å². The molecule has 1 amide bonds. The van der Waals surface area contributed by atoms with Crippen LogP contribution in [-0.2, 0) is 0 Å². The van der Waals surface area contributed by atoms with Gasteiger partial charge in [-0.15, -0.1) is 0 Å². The third-order valence-electron chi connectivity index (χ3n) is 2.89. The summed E-state index contributed by atoms with van der Waals surface area (Å²) in [6.45, 7) is 1.14. The number of amides is 1. The molecule has 0 heterocycles. The summed E-state index contributed by atoms with van der Waals surface area (Å²) in [5.41, 5.74) is 0.471. The maximum Gasteiger partial charge on any atom is 0.391 e. The van der Waals surface area contributed by atoms with E-state index in [2.05, 4.69) is 5.32 Å². The van der Waals surface area contributed by atoms with E-state index in [4.69, 9.17) is 12.2 Å². The zero-order valence-electron chi connectivity index (χ0n) is 11.0. The molecule has 0 bridgehead atoms. The summed E-state index contributed by atoms with van der Waals surface area (Å²) in [6, 6.07) is 8.52. The van der Waals surface area contributed by atoms with E-state index >= 15 is 0 Å². The molecule has 6 heteroatoms. The fraction of sp³-hybridized carbons (Fsp3) is 0.429. The van der Waals surface area contributed by atoms with Crippen LogP contribution in [0.4, 0.5) is 13.2 Å². The maximum atomic E-state index is 12.3. The number of rotatable bonds is 5. The van der Waals surface area contributed by atoms with Gasteiger partial charge in [-0.3, -0.25) is 4.79 Å². The molecule has 0 radical (unpaired) electrons. The zero-order valence-corrected chi connectivity index (χ0v) is 11.9. The minimum absolute atomic E-state index is 0.00481. The van der Waals surface area contributed by atoms with Crippen LogP contribution in [0.5, 0.6) is 0 Å². The molecule has 0 saturated carbocycles. The predicted octanol–water partition coefficient (Wildman–Crippen LogP) is 4.11. The van der Waals surface area contributed by atoms with Crippen molar-refractivity contribution in [2.24, 2.45) is 5.92 Å². The molecule has 1 rings (SSSR count). The molecule has 1 N–H and O–H groups in total. The lowest BCUT2D eigenvalue weighted by molar-refractivity contribution is -0.171. The Morgan fingerprint density at radius 3 is 2.45 bits per heavy atom. The lowest BCUT2D eigenvalue weighted by atomic mass is 10.0.